The first-order valence-corrected chi connectivity index (χ1v) is 10.9. The van der Waals surface area contributed by atoms with Crippen molar-refractivity contribution in [2.45, 2.75) is 6.42 Å². The molecule has 1 aliphatic rings. The summed E-state index contributed by atoms with van der Waals surface area (Å²) < 4.78 is 23.4. The van der Waals surface area contributed by atoms with Gasteiger partial charge in [0.2, 0.25) is 5.75 Å². The number of methoxy groups -OCH3 is 2. The van der Waals surface area contributed by atoms with E-state index in [1.807, 2.05) is 30.3 Å². The third kappa shape index (κ3) is 4.74. The van der Waals surface area contributed by atoms with Gasteiger partial charge in [0.05, 0.1) is 20.8 Å². The minimum atomic E-state index is -0.193. The number of hydrogen-bond acceptors (Lipinski definition) is 7. The zero-order valence-corrected chi connectivity index (χ0v) is 18.9. The Morgan fingerprint density at radius 3 is 2.41 bits per heavy atom. The van der Waals surface area contributed by atoms with Crippen LogP contribution in [-0.2, 0) is 0 Å². The van der Waals surface area contributed by atoms with Crippen molar-refractivity contribution < 1.29 is 18.6 Å². The van der Waals surface area contributed by atoms with Gasteiger partial charge in [0.15, 0.2) is 16.8 Å². The highest BCUT2D eigenvalue weighted by molar-refractivity contribution is 5.92. The molecule has 0 radical (unpaired) electrons. The van der Waals surface area contributed by atoms with Crippen LogP contribution in [0.2, 0.25) is 0 Å². The Labute approximate surface area is 188 Å². The lowest BCUT2D eigenvalue weighted by molar-refractivity contribution is 0.145. The summed E-state index contributed by atoms with van der Waals surface area (Å²) in [5.74, 6) is 1.78. The molecule has 7 heteroatoms. The molecule has 0 N–H and O–H groups in total. The molecule has 0 amide bonds. The summed E-state index contributed by atoms with van der Waals surface area (Å²) in [4.78, 5) is 17.7. The van der Waals surface area contributed by atoms with Crippen molar-refractivity contribution in [3.05, 3.63) is 52.7 Å². The van der Waals surface area contributed by atoms with Crippen LogP contribution in [0, 0.1) is 0 Å². The predicted octanol–water partition coefficient (Wildman–Crippen LogP) is 3.49. The molecule has 2 aromatic carbocycles. The van der Waals surface area contributed by atoms with E-state index in [2.05, 4.69) is 16.8 Å². The zero-order valence-electron chi connectivity index (χ0n) is 18.9. The van der Waals surface area contributed by atoms with Crippen molar-refractivity contribution in [1.82, 2.24) is 9.80 Å². The van der Waals surface area contributed by atoms with Gasteiger partial charge in [-0.2, -0.15) is 0 Å². The average molecular weight is 439 g/mol. The van der Waals surface area contributed by atoms with Crippen LogP contribution in [0.4, 0.5) is 0 Å². The molecule has 0 spiro atoms. The number of ether oxygens (including phenoxy) is 3. The van der Waals surface area contributed by atoms with Crippen molar-refractivity contribution in [3.63, 3.8) is 0 Å². The molecule has 1 saturated heterocycles. The van der Waals surface area contributed by atoms with E-state index >= 15 is 0 Å². The van der Waals surface area contributed by atoms with E-state index in [1.54, 1.807) is 13.2 Å². The highest BCUT2D eigenvalue weighted by atomic mass is 16.5. The molecule has 0 saturated carbocycles. The monoisotopic (exact) mass is 438 g/mol. The van der Waals surface area contributed by atoms with E-state index in [-0.39, 0.29) is 5.43 Å². The van der Waals surface area contributed by atoms with E-state index in [0.29, 0.717) is 40.6 Å². The summed E-state index contributed by atoms with van der Waals surface area (Å²) in [6.07, 6.45) is 0.890. The molecule has 0 aliphatic carbocycles. The molecule has 0 atom stereocenters. The Morgan fingerprint density at radius 1 is 0.969 bits per heavy atom. The quantitative estimate of drug-likeness (QED) is 0.499. The SMILES string of the molecule is COc1c(OCCCN2CCN(C)CC2)cc(OC)c2c(=O)cc(-c3ccccc3)oc12. The fourth-order valence-electron chi connectivity index (χ4n) is 4.00. The van der Waals surface area contributed by atoms with Gasteiger partial charge in [-0.15, -0.1) is 0 Å². The van der Waals surface area contributed by atoms with Crippen molar-refractivity contribution in [1.29, 1.82) is 0 Å². The van der Waals surface area contributed by atoms with E-state index < -0.39 is 0 Å². The lowest BCUT2D eigenvalue weighted by atomic mass is 10.1. The number of nitrogens with zero attached hydrogens (tertiary/aromatic N) is 2. The third-order valence-corrected chi connectivity index (χ3v) is 5.84. The van der Waals surface area contributed by atoms with Crippen LogP contribution in [0.25, 0.3) is 22.3 Å². The largest absolute Gasteiger partial charge is 0.496 e. The molecule has 2 heterocycles. The van der Waals surface area contributed by atoms with E-state index in [0.717, 1.165) is 44.7 Å². The molecular formula is C25H30N2O5. The number of likely N-dealkylation sites (N-methyl/N-ethyl adjacent to an activating group) is 1. The van der Waals surface area contributed by atoms with Gasteiger partial charge in [-0.3, -0.25) is 4.79 Å². The van der Waals surface area contributed by atoms with E-state index in [1.165, 1.54) is 13.2 Å². The minimum absolute atomic E-state index is 0.193. The normalized spacial score (nSPS) is 15.1. The lowest BCUT2D eigenvalue weighted by Crippen LogP contribution is -2.44. The molecule has 170 valence electrons. The molecule has 1 fully saturated rings. The van der Waals surface area contributed by atoms with E-state index in [4.69, 9.17) is 18.6 Å². The minimum Gasteiger partial charge on any atom is -0.496 e. The first-order chi connectivity index (χ1) is 15.6. The summed E-state index contributed by atoms with van der Waals surface area (Å²) in [7, 11) is 5.23. The Kier molecular flexibility index (Phi) is 6.97. The molecule has 1 aliphatic heterocycles. The van der Waals surface area contributed by atoms with Crippen LogP contribution in [0.5, 0.6) is 17.2 Å². The zero-order chi connectivity index (χ0) is 22.5. The van der Waals surface area contributed by atoms with Crippen LogP contribution >= 0.6 is 0 Å². The Balaban J connectivity index is 1.60. The number of piperazine rings is 1. The van der Waals surface area contributed by atoms with Gasteiger partial charge in [-0.25, -0.2) is 0 Å². The summed E-state index contributed by atoms with van der Waals surface area (Å²) in [6.45, 7) is 5.86. The van der Waals surface area contributed by atoms with Gasteiger partial charge < -0.3 is 28.4 Å². The molecule has 0 bridgehead atoms. The maximum Gasteiger partial charge on any atom is 0.205 e. The summed E-state index contributed by atoms with van der Waals surface area (Å²) in [6, 6.07) is 12.7. The van der Waals surface area contributed by atoms with Crippen molar-refractivity contribution >= 4 is 11.0 Å². The molecule has 1 aromatic heterocycles. The third-order valence-electron chi connectivity index (χ3n) is 5.84. The van der Waals surface area contributed by atoms with Gasteiger partial charge in [0.1, 0.15) is 16.9 Å². The number of rotatable bonds is 8. The second kappa shape index (κ2) is 10.1. The second-order valence-corrected chi connectivity index (χ2v) is 8.00. The summed E-state index contributed by atoms with van der Waals surface area (Å²) in [5, 5.41) is 0.341. The number of benzene rings is 2. The molecular weight excluding hydrogens is 408 g/mol. The van der Waals surface area contributed by atoms with Crippen LogP contribution in [0.3, 0.4) is 0 Å². The Bertz CT molecular complexity index is 1100. The number of hydrogen-bond donors (Lipinski definition) is 0. The van der Waals surface area contributed by atoms with Gasteiger partial charge in [0.25, 0.3) is 0 Å². The molecule has 3 aromatic rings. The summed E-state index contributed by atoms with van der Waals surface area (Å²) >= 11 is 0. The van der Waals surface area contributed by atoms with Crippen LogP contribution < -0.4 is 19.6 Å². The number of fused-ring (bicyclic) bond motifs is 1. The topological polar surface area (TPSA) is 64.4 Å². The molecule has 0 unspecified atom stereocenters. The standard InChI is InChI=1S/C25H30N2O5/c1-26-11-13-27(14-12-26)10-7-15-31-22-17-21(29-2)23-19(28)16-20(18-8-5-4-6-9-18)32-25(23)24(22)30-3/h4-6,8-9,16-17H,7,10-15H2,1-3H3. The fraction of sp³-hybridized carbons (Fsp3) is 0.400. The average Bonchev–Trinajstić information content (AvgIpc) is 2.82. The molecule has 4 rings (SSSR count). The van der Waals surface area contributed by atoms with Gasteiger partial charge in [-0.05, 0) is 13.5 Å². The van der Waals surface area contributed by atoms with Crippen LogP contribution in [0.1, 0.15) is 6.42 Å². The molecule has 7 nitrogen and oxygen atoms in total. The Morgan fingerprint density at radius 2 is 1.72 bits per heavy atom. The van der Waals surface area contributed by atoms with E-state index in [9.17, 15) is 4.79 Å². The van der Waals surface area contributed by atoms with Gasteiger partial charge in [0, 0.05) is 50.4 Å². The van der Waals surface area contributed by atoms with Crippen LogP contribution in [0.15, 0.2) is 51.7 Å². The van der Waals surface area contributed by atoms with Gasteiger partial charge >= 0.3 is 0 Å². The fourth-order valence-corrected chi connectivity index (χ4v) is 4.00. The summed E-state index contributed by atoms with van der Waals surface area (Å²) in [5.41, 5.74) is 0.945. The van der Waals surface area contributed by atoms with Crippen molar-refractivity contribution in [2.75, 3.05) is 60.6 Å². The Hall–Kier alpha value is -3.03. The van der Waals surface area contributed by atoms with Crippen molar-refractivity contribution in [2.24, 2.45) is 0 Å². The predicted molar refractivity (Wildman–Crippen MR) is 125 cm³/mol. The van der Waals surface area contributed by atoms with Crippen LogP contribution in [-0.4, -0.2) is 70.4 Å². The lowest BCUT2D eigenvalue weighted by Gasteiger charge is -2.32. The van der Waals surface area contributed by atoms with Gasteiger partial charge in [-0.1, -0.05) is 30.3 Å². The highest BCUT2D eigenvalue weighted by Gasteiger charge is 2.21. The maximum absolute atomic E-state index is 12.9. The first-order valence-electron chi connectivity index (χ1n) is 10.9. The maximum atomic E-state index is 12.9. The first kappa shape index (κ1) is 22.2. The smallest absolute Gasteiger partial charge is 0.205 e. The molecule has 32 heavy (non-hydrogen) atoms. The highest BCUT2D eigenvalue weighted by Crippen LogP contribution is 2.41. The van der Waals surface area contributed by atoms with Crippen molar-refractivity contribution in [3.8, 4) is 28.6 Å². The second-order valence-electron chi connectivity index (χ2n) is 8.00.